The molecule has 0 radical (unpaired) electrons. The van der Waals surface area contributed by atoms with Crippen LogP contribution in [0.2, 0.25) is 5.02 Å². The van der Waals surface area contributed by atoms with E-state index in [2.05, 4.69) is 5.32 Å². The molecule has 0 saturated heterocycles. The van der Waals surface area contributed by atoms with Gasteiger partial charge in [0.2, 0.25) is 11.8 Å². The largest absolute Gasteiger partial charge is 0.357 e. The Morgan fingerprint density at radius 3 is 2.18 bits per heavy atom. The fraction of sp³-hybridized carbons (Fsp3) is 0.286. The van der Waals surface area contributed by atoms with Crippen molar-refractivity contribution >= 4 is 39.1 Å². The molecule has 7 nitrogen and oxygen atoms in total. The topological polar surface area (TPSA) is 86.8 Å². The van der Waals surface area contributed by atoms with Gasteiger partial charge in [-0.3, -0.25) is 13.9 Å². The molecule has 3 aromatic carbocycles. The maximum Gasteiger partial charge on any atom is 0.264 e. The number of likely N-dealkylation sites (N-methyl/N-ethyl adjacent to an activating group) is 1. The molecule has 0 aliphatic carbocycles. The van der Waals surface area contributed by atoms with Crippen LogP contribution in [0, 0.1) is 19.7 Å². The Hall–Kier alpha value is -3.43. The number of anilines is 1. The lowest BCUT2D eigenvalue weighted by atomic mass is 10.1. The van der Waals surface area contributed by atoms with Gasteiger partial charge in [0.25, 0.3) is 10.0 Å². The number of halogens is 2. The SMILES string of the molecule is CCC(C(=O)NC)N(Cc1ccc(F)cc1)C(=O)CN(c1ccc(C)c(Cl)c1)S(=O)(=O)c1ccc(C)cc1. The summed E-state index contributed by atoms with van der Waals surface area (Å²) in [5.74, 6) is -1.43. The van der Waals surface area contributed by atoms with Gasteiger partial charge in [-0.05, 0) is 67.8 Å². The second-order valence-electron chi connectivity index (χ2n) is 8.94. The van der Waals surface area contributed by atoms with E-state index in [1.807, 2.05) is 6.92 Å². The molecule has 0 aromatic heterocycles. The van der Waals surface area contributed by atoms with Gasteiger partial charge in [0, 0.05) is 18.6 Å². The molecule has 0 fully saturated rings. The van der Waals surface area contributed by atoms with Gasteiger partial charge < -0.3 is 10.2 Å². The molecule has 0 heterocycles. The van der Waals surface area contributed by atoms with Crippen molar-refractivity contribution in [1.82, 2.24) is 10.2 Å². The van der Waals surface area contributed by atoms with E-state index in [1.54, 1.807) is 38.1 Å². The molecule has 0 saturated carbocycles. The van der Waals surface area contributed by atoms with Crippen LogP contribution in [-0.4, -0.2) is 44.8 Å². The van der Waals surface area contributed by atoms with Crippen molar-refractivity contribution in [2.75, 3.05) is 17.9 Å². The summed E-state index contributed by atoms with van der Waals surface area (Å²) in [6.07, 6.45) is 0.285. The first-order valence-corrected chi connectivity index (χ1v) is 13.9. The Morgan fingerprint density at radius 2 is 1.63 bits per heavy atom. The van der Waals surface area contributed by atoms with Crippen LogP contribution in [0.1, 0.15) is 30.0 Å². The lowest BCUT2D eigenvalue weighted by Gasteiger charge is -2.33. The number of hydrogen-bond acceptors (Lipinski definition) is 4. The summed E-state index contributed by atoms with van der Waals surface area (Å²) in [7, 11) is -2.72. The zero-order valence-electron chi connectivity index (χ0n) is 21.7. The first kappa shape index (κ1) is 29.1. The van der Waals surface area contributed by atoms with E-state index in [9.17, 15) is 22.4 Å². The molecule has 1 unspecified atom stereocenters. The van der Waals surface area contributed by atoms with Gasteiger partial charge in [-0.2, -0.15) is 0 Å². The van der Waals surface area contributed by atoms with Crippen LogP contribution in [0.4, 0.5) is 10.1 Å². The zero-order valence-corrected chi connectivity index (χ0v) is 23.3. The van der Waals surface area contributed by atoms with Gasteiger partial charge in [-0.25, -0.2) is 12.8 Å². The molecule has 1 atom stereocenters. The Morgan fingerprint density at radius 1 is 1.00 bits per heavy atom. The molecular formula is C28H31ClFN3O4S. The molecule has 3 aromatic rings. The highest BCUT2D eigenvalue weighted by atomic mass is 35.5. The van der Waals surface area contributed by atoms with Crippen LogP contribution in [0.25, 0.3) is 0 Å². The number of sulfonamides is 1. The van der Waals surface area contributed by atoms with E-state index in [1.165, 1.54) is 54.4 Å². The van der Waals surface area contributed by atoms with E-state index in [0.29, 0.717) is 10.6 Å². The minimum atomic E-state index is -4.19. The fourth-order valence-electron chi connectivity index (χ4n) is 3.98. The van der Waals surface area contributed by atoms with Crippen LogP contribution in [0.3, 0.4) is 0 Å². The normalized spacial score (nSPS) is 12.1. The van der Waals surface area contributed by atoms with Gasteiger partial charge in [-0.15, -0.1) is 0 Å². The lowest BCUT2D eigenvalue weighted by Crippen LogP contribution is -2.51. The van der Waals surface area contributed by atoms with E-state index < -0.39 is 40.2 Å². The predicted octanol–water partition coefficient (Wildman–Crippen LogP) is 4.84. The fourth-order valence-corrected chi connectivity index (χ4v) is 5.56. The van der Waals surface area contributed by atoms with Crippen molar-refractivity contribution in [1.29, 1.82) is 0 Å². The summed E-state index contributed by atoms with van der Waals surface area (Å²) >= 11 is 6.33. The van der Waals surface area contributed by atoms with E-state index in [4.69, 9.17) is 11.6 Å². The summed E-state index contributed by atoms with van der Waals surface area (Å²) in [5.41, 5.74) is 2.43. The molecule has 0 bridgehead atoms. The minimum absolute atomic E-state index is 0.0102. The molecular weight excluding hydrogens is 529 g/mol. The Bertz CT molecular complexity index is 1400. The molecule has 0 aliphatic rings. The summed E-state index contributed by atoms with van der Waals surface area (Å²) in [5, 5.41) is 2.91. The van der Waals surface area contributed by atoms with Gasteiger partial charge in [0.1, 0.15) is 18.4 Å². The zero-order chi connectivity index (χ0) is 28.0. The van der Waals surface area contributed by atoms with Crippen LogP contribution in [0.15, 0.2) is 71.6 Å². The number of carbonyl (C=O) groups excluding carboxylic acids is 2. The number of nitrogens with zero attached hydrogens (tertiary/aromatic N) is 2. The van der Waals surface area contributed by atoms with Gasteiger partial charge in [0.15, 0.2) is 0 Å². The summed E-state index contributed by atoms with van der Waals surface area (Å²) < 4.78 is 42.1. The summed E-state index contributed by atoms with van der Waals surface area (Å²) in [4.78, 5) is 27.9. The Balaban J connectivity index is 2.08. The molecule has 3 rings (SSSR count). The highest BCUT2D eigenvalue weighted by Gasteiger charge is 2.33. The first-order chi connectivity index (χ1) is 18.0. The molecule has 2 amide bonds. The van der Waals surface area contributed by atoms with Crippen molar-refractivity contribution in [3.63, 3.8) is 0 Å². The lowest BCUT2D eigenvalue weighted by molar-refractivity contribution is -0.140. The highest BCUT2D eigenvalue weighted by molar-refractivity contribution is 7.92. The van der Waals surface area contributed by atoms with Crippen LogP contribution in [0.5, 0.6) is 0 Å². The Labute approximate surface area is 228 Å². The monoisotopic (exact) mass is 559 g/mol. The molecule has 38 heavy (non-hydrogen) atoms. The second kappa shape index (κ2) is 12.4. The van der Waals surface area contributed by atoms with Gasteiger partial charge in [-0.1, -0.05) is 54.4 Å². The number of amides is 2. The smallest absolute Gasteiger partial charge is 0.264 e. The second-order valence-corrected chi connectivity index (χ2v) is 11.2. The van der Waals surface area contributed by atoms with Crippen LogP contribution in [-0.2, 0) is 26.2 Å². The Kier molecular flexibility index (Phi) is 9.51. The number of benzene rings is 3. The number of aryl methyl sites for hydroxylation is 2. The number of rotatable bonds is 10. The van der Waals surface area contributed by atoms with E-state index >= 15 is 0 Å². The van der Waals surface area contributed by atoms with E-state index in [0.717, 1.165) is 15.4 Å². The third kappa shape index (κ3) is 6.71. The number of hydrogen-bond donors (Lipinski definition) is 1. The van der Waals surface area contributed by atoms with Crippen LogP contribution < -0.4 is 9.62 Å². The maximum atomic E-state index is 13.8. The van der Waals surface area contributed by atoms with E-state index in [-0.39, 0.29) is 23.5 Å². The molecule has 1 N–H and O–H groups in total. The van der Waals surface area contributed by atoms with Crippen molar-refractivity contribution in [3.05, 3.63) is 94.3 Å². The summed E-state index contributed by atoms with van der Waals surface area (Å²) in [6.45, 7) is 4.79. The molecule has 202 valence electrons. The summed E-state index contributed by atoms with van der Waals surface area (Å²) in [6, 6.07) is 15.8. The number of nitrogens with one attached hydrogen (secondary N) is 1. The molecule has 0 spiro atoms. The third-order valence-electron chi connectivity index (χ3n) is 6.23. The van der Waals surface area contributed by atoms with Gasteiger partial charge >= 0.3 is 0 Å². The quantitative estimate of drug-likeness (QED) is 0.385. The molecule has 10 heteroatoms. The standard InChI is InChI=1S/C28H31ClFN3O4S/c1-5-26(28(35)31-4)32(17-21-9-11-22(30)12-10-21)27(34)18-33(23-13-8-20(3)25(29)16-23)38(36,37)24-14-6-19(2)7-15-24/h6-16,26H,5,17-18H2,1-4H3,(H,31,35). The number of carbonyl (C=O) groups is 2. The average molecular weight is 560 g/mol. The minimum Gasteiger partial charge on any atom is -0.357 e. The van der Waals surface area contributed by atoms with Crippen LogP contribution >= 0.6 is 11.6 Å². The first-order valence-electron chi connectivity index (χ1n) is 12.1. The van der Waals surface area contributed by atoms with Crippen molar-refractivity contribution in [3.8, 4) is 0 Å². The maximum absolute atomic E-state index is 13.8. The van der Waals surface area contributed by atoms with Crippen molar-refractivity contribution in [2.45, 2.75) is 44.7 Å². The van der Waals surface area contributed by atoms with Gasteiger partial charge in [0.05, 0.1) is 10.6 Å². The third-order valence-corrected chi connectivity index (χ3v) is 8.43. The van der Waals surface area contributed by atoms with Crippen molar-refractivity contribution in [2.24, 2.45) is 0 Å². The highest BCUT2D eigenvalue weighted by Crippen LogP contribution is 2.29. The predicted molar refractivity (Wildman–Crippen MR) is 147 cm³/mol. The van der Waals surface area contributed by atoms with Crippen molar-refractivity contribution < 1.29 is 22.4 Å². The average Bonchev–Trinajstić information content (AvgIpc) is 2.89. The molecule has 0 aliphatic heterocycles.